The van der Waals surface area contributed by atoms with Crippen LogP contribution >= 0.6 is 11.6 Å². The van der Waals surface area contributed by atoms with Gasteiger partial charge in [-0.05, 0) is 55.0 Å². The Morgan fingerprint density at radius 2 is 1.86 bits per heavy atom. The molecule has 0 bridgehead atoms. The van der Waals surface area contributed by atoms with Gasteiger partial charge in [0.15, 0.2) is 5.65 Å². The van der Waals surface area contributed by atoms with E-state index in [9.17, 15) is 18.0 Å². The molecule has 0 atom stereocenters. The molecule has 186 valence electrons. The molecule has 12 heteroatoms. The van der Waals surface area contributed by atoms with E-state index in [4.69, 9.17) is 11.6 Å². The number of aryl methyl sites for hydroxylation is 1. The highest BCUT2D eigenvalue weighted by molar-refractivity contribution is 6.32. The average Bonchev–Trinajstić information content (AvgIpc) is 3.35. The number of rotatable bonds is 5. The first-order valence-corrected chi connectivity index (χ1v) is 11.2. The molecule has 0 saturated heterocycles. The zero-order chi connectivity index (χ0) is 26.2. The Morgan fingerprint density at radius 1 is 1.03 bits per heavy atom. The molecule has 1 amide bonds. The van der Waals surface area contributed by atoms with E-state index in [1.165, 1.54) is 12.7 Å². The zero-order valence-electron chi connectivity index (χ0n) is 19.1. The molecule has 0 spiro atoms. The summed E-state index contributed by atoms with van der Waals surface area (Å²) >= 11 is 5.76. The summed E-state index contributed by atoms with van der Waals surface area (Å²) in [6.07, 6.45) is -0.0218. The van der Waals surface area contributed by atoms with E-state index >= 15 is 0 Å². The molecule has 2 aromatic carbocycles. The Hall–Kier alpha value is -4.51. The Labute approximate surface area is 213 Å². The first-order chi connectivity index (χ1) is 17.7. The Bertz CT molecular complexity index is 1630. The number of H-pyrrole nitrogens is 1. The first-order valence-electron chi connectivity index (χ1n) is 10.9. The van der Waals surface area contributed by atoms with Crippen LogP contribution in [-0.4, -0.2) is 30.8 Å². The quantitative estimate of drug-likeness (QED) is 0.246. The van der Waals surface area contributed by atoms with E-state index < -0.39 is 22.7 Å². The van der Waals surface area contributed by atoms with E-state index in [2.05, 4.69) is 35.6 Å². The maximum Gasteiger partial charge on any atom is 0.417 e. The average molecular weight is 524 g/mol. The van der Waals surface area contributed by atoms with Crippen molar-refractivity contribution < 1.29 is 18.0 Å². The minimum atomic E-state index is -4.61. The second-order valence-corrected chi connectivity index (χ2v) is 8.43. The van der Waals surface area contributed by atoms with Gasteiger partial charge in [-0.2, -0.15) is 13.2 Å². The van der Waals surface area contributed by atoms with Gasteiger partial charge in [-0.25, -0.2) is 19.9 Å². The fourth-order valence-corrected chi connectivity index (χ4v) is 4.00. The molecular formula is C25H17ClF3N7O. The molecule has 8 nitrogen and oxygen atoms in total. The van der Waals surface area contributed by atoms with Crippen LogP contribution in [0.25, 0.3) is 22.4 Å². The lowest BCUT2D eigenvalue weighted by atomic mass is 10.1. The summed E-state index contributed by atoms with van der Waals surface area (Å²) in [7, 11) is 0. The van der Waals surface area contributed by atoms with Gasteiger partial charge in [0.25, 0.3) is 5.91 Å². The van der Waals surface area contributed by atoms with Crippen molar-refractivity contribution in [2.24, 2.45) is 0 Å². The van der Waals surface area contributed by atoms with E-state index in [1.54, 1.807) is 30.5 Å². The van der Waals surface area contributed by atoms with Gasteiger partial charge in [0.1, 0.15) is 23.4 Å². The summed E-state index contributed by atoms with van der Waals surface area (Å²) in [5.74, 6) is -0.0928. The fraction of sp³-hybridized carbons (Fsp3) is 0.0800. The standard InChI is InChI=1S/C25H17ClF3N7O/c1-13-4-6-15(35-24(37)14-5-7-17(18(26)9-14)25(27,28)29)10-19(13)36-22-16(3-2-8-30-22)20-21-23(33-11-31-20)34-12-32-21/h2-12H,1H3,(H,30,36)(H,35,37)(H,31,32,33,34). The van der Waals surface area contributed by atoms with Crippen LogP contribution in [0.2, 0.25) is 5.02 Å². The minimum absolute atomic E-state index is 0.00701. The van der Waals surface area contributed by atoms with Crippen LogP contribution in [0, 0.1) is 6.92 Å². The van der Waals surface area contributed by atoms with Crippen molar-refractivity contribution in [1.82, 2.24) is 24.9 Å². The lowest BCUT2D eigenvalue weighted by Gasteiger charge is -2.15. The number of benzene rings is 2. The van der Waals surface area contributed by atoms with Crippen molar-refractivity contribution in [3.63, 3.8) is 0 Å². The smallest absolute Gasteiger partial charge is 0.341 e. The normalized spacial score (nSPS) is 11.5. The molecule has 37 heavy (non-hydrogen) atoms. The van der Waals surface area contributed by atoms with E-state index in [0.29, 0.717) is 39.6 Å². The number of amides is 1. The summed E-state index contributed by atoms with van der Waals surface area (Å²) < 4.78 is 38.9. The highest BCUT2D eigenvalue weighted by Crippen LogP contribution is 2.35. The molecule has 3 heterocycles. The van der Waals surface area contributed by atoms with Crippen LogP contribution in [0.5, 0.6) is 0 Å². The van der Waals surface area contributed by atoms with Gasteiger partial charge in [0.05, 0.1) is 16.9 Å². The summed E-state index contributed by atoms with van der Waals surface area (Å²) in [4.78, 5) is 32.9. The van der Waals surface area contributed by atoms with Crippen LogP contribution in [-0.2, 0) is 6.18 Å². The number of anilines is 3. The first kappa shape index (κ1) is 24.2. The monoisotopic (exact) mass is 523 g/mol. The van der Waals surface area contributed by atoms with Gasteiger partial charge in [0.2, 0.25) is 0 Å². The number of imidazole rings is 1. The number of carbonyl (C=O) groups is 1. The van der Waals surface area contributed by atoms with Crippen molar-refractivity contribution in [3.05, 3.63) is 89.1 Å². The summed E-state index contributed by atoms with van der Waals surface area (Å²) in [6.45, 7) is 1.88. The number of hydrogen-bond acceptors (Lipinski definition) is 6. The number of nitrogens with one attached hydrogen (secondary N) is 3. The lowest BCUT2D eigenvalue weighted by Crippen LogP contribution is -2.13. The molecule has 0 aliphatic carbocycles. The topological polar surface area (TPSA) is 108 Å². The lowest BCUT2D eigenvalue weighted by molar-refractivity contribution is -0.137. The Kier molecular flexibility index (Phi) is 6.22. The van der Waals surface area contributed by atoms with Gasteiger partial charge in [-0.1, -0.05) is 17.7 Å². The van der Waals surface area contributed by atoms with Gasteiger partial charge in [0, 0.05) is 28.7 Å². The summed E-state index contributed by atoms with van der Waals surface area (Å²) in [5, 5.41) is 5.42. The van der Waals surface area contributed by atoms with Crippen LogP contribution < -0.4 is 10.6 Å². The third-order valence-corrected chi connectivity index (χ3v) is 5.88. The van der Waals surface area contributed by atoms with E-state index in [-0.39, 0.29) is 5.56 Å². The van der Waals surface area contributed by atoms with Gasteiger partial charge < -0.3 is 15.6 Å². The molecule has 0 aliphatic heterocycles. The number of fused-ring (bicyclic) bond motifs is 1. The number of alkyl halides is 3. The van der Waals surface area contributed by atoms with E-state index in [1.807, 2.05) is 13.0 Å². The molecule has 0 saturated carbocycles. The van der Waals surface area contributed by atoms with Crippen molar-refractivity contribution in [2.75, 3.05) is 10.6 Å². The second kappa shape index (κ2) is 9.51. The van der Waals surface area contributed by atoms with Crippen LogP contribution in [0.3, 0.4) is 0 Å². The fourth-order valence-electron chi connectivity index (χ4n) is 3.72. The third kappa shape index (κ3) is 4.94. The summed E-state index contributed by atoms with van der Waals surface area (Å²) in [5.41, 5.74) is 3.41. The predicted molar refractivity (Wildman–Crippen MR) is 134 cm³/mol. The molecule has 0 radical (unpaired) electrons. The number of nitrogens with zero attached hydrogens (tertiary/aromatic N) is 4. The molecule has 0 fully saturated rings. The molecule has 5 aromatic rings. The highest BCUT2D eigenvalue weighted by Gasteiger charge is 2.33. The molecule has 0 aliphatic rings. The Morgan fingerprint density at radius 3 is 2.65 bits per heavy atom. The van der Waals surface area contributed by atoms with Gasteiger partial charge in [-0.3, -0.25) is 4.79 Å². The number of aromatic nitrogens is 5. The summed E-state index contributed by atoms with van der Waals surface area (Å²) in [6, 6.07) is 11.7. The number of pyridine rings is 1. The maximum absolute atomic E-state index is 13.0. The molecular weight excluding hydrogens is 507 g/mol. The molecule has 3 aromatic heterocycles. The molecule has 0 unspecified atom stereocenters. The number of carbonyl (C=O) groups excluding carboxylic acids is 1. The van der Waals surface area contributed by atoms with Crippen molar-refractivity contribution in [3.8, 4) is 11.3 Å². The van der Waals surface area contributed by atoms with Crippen molar-refractivity contribution in [1.29, 1.82) is 0 Å². The van der Waals surface area contributed by atoms with Crippen LogP contribution in [0.15, 0.2) is 67.4 Å². The minimum Gasteiger partial charge on any atom is -0.341 e. The Balaban J connectivity index is 1.42. The number of aromatic amines is 1. The van der Waals surface area contributed by atoms with E-state index in [0.717, 1.165) is 23.8 Å². The SMILES string of the molecule is Cc1ccc(NC(=O)c2ccc(C(F)(F)F)c(Cl)c2)cc1Nc1ncccc1-c1ncnc2nc[nH]c12. The van der Waals surface area contributed by atoms with Crippen molar-refractivity contribution in [2.45, 2.75) is 13.1 Å². The second-order valence-electron chi connectivity index (χ2n) is 8.02. The predicted octanol–water partition coefficient (Wildman–Crippen LogP) is 6.39. The van der Waals surface area contributed by atoms with Gasteiger partial charge >= 0.3 is 6.18 Å². The van der Waals surface area contributed by atoms with Gasteiger partial charge in [-0.15, -0.1) is 0 Å². The maximum atomic E-state index is 13.0. The third-order valence-electron chi connectivity index (χ3n) is 5.57. The van der Waals surface area contributed by atoms with Crippen molar-refractivity contribution >= 4 is 45.9 Å². The zero-order valence-corrected chi connectivity index (χ0v) is 19.8. The van der Waals surface area contributed by atoms with Crippen LogP contribution in [0.1, 0.15) is 21.5 Å². The highest BCUT2D eigenvalue weighted by atomic mass is 35.5. The number of hydrogen-bond donors (Lipinski definition) is 3. The molecule has 3 N–H and O–H groups in total. The van der Waals surface area contributed by atoms with Crippen LogP contribution in [0.4, 0.5) is 30.4 Å². The largest absolute Gasteiger partial charge is 0.417 e. The molecule has 5 rings (SSSR count). The number of halogens is 4.